The summed E-state index contributed by atoms with van der Waals surface area (Å²) in [5.74, 6) is -1.63. The van der Waals surface area contributed by atoms with E-state index in [0.717, 1.165) is 5.56 Å². The van der Waals surface area contributed by atoms with E-state index in [2.05, 4.69) is 5.32 Å². The highest BCUT2D eigenvalue weighted by atomic mass is 16.5. The van der Waals surface area contributed by atoms with Crippen molar-refractivity contribution in [2.24, 2.45) is 5.92 Å². The molecule has 0 bridgehead atoms. The van der Waals surface area contributed by atoms with Gasteiger partial charge in [-0.2, -0.15) is 0 Å². The van der Waals surface area contributed by atoms with Gasteiger partial charge < -0.3 is 20.1 Å². The first-order valence-corrected chi connectivity index (χ1v) is 9.22. The number of carbonyl (C=O) groups excluding carboxylic acids is 2. The molecule has 27 heavy (non-hydrogen) atoms. The number of carboxylic acids is 1. The SMILES string of the molecule is COCC(C)(NC(=O)C1CCN(C(=O)CCc2ccccc2)CC1)C(=O)O. The molecule has 1 aromatic rings. The molecule has 1 saturated heterocycles. The molecule has 0 spiro atoms. The maximum absolute atomic E-state index is 12.4. The summed E-state index contributed by atoms with van der Waals surface area (Å²) in [4.78, 5) is 38.0. The van der Waals surface area contributed by atoms with Crippen LogP contribution < -0.4 is 5.32 Å². The Bertz CT molecular complexity index is 656. The summed E-state index contributed by atoms with van der Waals surface area (Å²) in [6, 6.07) is 9.87. The van der Waals surface area contributed by atoms with Crippen LogP contribution in [0.1, 0.15) is 31.7 Å². The fourth-order valence-electron chi connectivity index (χ4n) is 3.26. The van der Waals surface area contributed by atoms with Crippen molar-refractivity contribution in [3.05, 3.63) is 35.9 Å². The van der Waals surface area contributed by atoms with Gasteiger partial charge in [-0.3, -0.25) is 9.59 Å². The molecule has 0 aromatic heterocycles. The number of aryl methyl sites for hydroxylation is 1. The van der Waals surface area contributed by atoms with E-state index in [1.54, 1.807) is 4.90 Å². The smallest absolute Gasteiger partial charge is 0.331 e. The summed E-state index contributed by atoms with van der Waals surface area (Å²) in [5.41, 5.74) is -0.319. The number of methoxy groups -OCH3 is 1. The number of likely N-dealkylation sites (tertiary alicyclic amines) is 1. The van der Waals surface area contributed by atoms with E-state index < -0.39 is 11.5 Å². The molecular weight excluding hydrogens is 348 g/mol. The number of nitrogens with one attached hydrogen (secondary N) is 1. The van der Waals surface area contributed by atoms with E-state index in [-0.39, 0.29) is 24.3 Å². The second-order valence-corrected chi connectivity index (χ2v) is 7.20. The Hall–Kier alpha value is -2.41. The van der Waals surface area contributed by atoms with E-state index in [9.17, 15) is 19.5 Å². The lowest BCUT2D eigenvalue weighted by Gasteiger charge is -2.33. The van der Waals surface area contributed by atoms with Crippen molar-refractivity contribution in [2.45, 2.75) is 38.1 Å². The van der Waals surface area contributed by atoms with Crippen LogP contribution in [-0.2, 0) is 25.5 Å². The molecule has 2 rings (SSSR count). The molecule has 1 atom stereocenters. The molecule has 0 saturated carbocycles. The lowest BCUT2D eigenvalue weighted by Crippen LogP contribution is -2.57. The van der Waals surface area contributed by atoms with E-state index in [1.807, 2.05) is 30.3 Å². The van der Waals surface area contributed by atoms with Crippen molar-refractivity contribution in [3.63, 3.8) is 0 Å². The number of ether oxygens (including phenoxy) is 1. The minimum absolute atomic E-state index is 0.0902. The van der Waals surface area contributed by atoms with E-state index in [1.165, 1.54) is 14.0 Å². The number of hydrogen-bond acceptors (Lipinski definition) is 4. The fraction of sp³-hybridized carbons (Fsp3) is 0.550. The zero-order valence-corrected chi connectivity index (χ0v) is 15.9. The predicted octanol–water partition coefficient (Wildman–Crippen LogP) is 1.46. The Morgan fingerprint density at radius 2 is 1.85 bits per heavy atom. The van der Waals surface area contributed by atoms with Crippen molar-refractivity contribution < 1.29 is 24.2 Å². The molecule has 7 nitrogen and oxygen atoms in total. The van der Waals surface area contributed by atoms with Crippen LogP contribution in [0.5, 0.6) is 0 Å². The molecule has 148 valence electrons. The monoisotopic (exact) mass is 376 g/mol. The van der Waals surface area contributed by atoms with Crippen LogP contribution in [0.15, 0.2) is 30.3 Å². The van der Waals surface area contributed by atoms with Gasteiger partial charge in [-0.15, -0.1) is 0 Å². The van der Waals surface area contributed by atoms with Gasteiger partial charge in [0, 0.05) is 32.5 Å². The zero-order chi connectivity index (χ0) is 19.9. The first-order valence-electron chi connectivity index (χ1n) is 9.22. The minimum atomic E-state index is -1.45. The third kappa shape index (κ3) is 5.79. The number of amides is 2. The summed E-state index contributed by atoms with van der Waals surface area (Å²) in [5, 5.41) is 11.9. The van der Waals surface area contributed by atoms with Crippen LogP contribution in [0.25, 0.3) is 0 Å². The quantitative estimate of drug-likeness (QED) is 0.716. The molecule has 1 unspecified atom stereocenters. The van der Waals surface area contributed by atoms with Crippen molar-refractivity contribution in [1.82, 2.24) is 10.2 Å². The summed E-state index contributed by atoms with van der Waals surface area (Å²) in [6.07, 6.45) is 2.22. The van der Waals surface area contributed by atoms with E-state index >= 15 is 0 Å². The Labute approximate surface area is 159 Å². The van der Waals surface area contributed by atoms with Gasteiger partial charge in [-0.05, 0) is 31.7 Å². The topological polar surface area (TPSA) is 95.9 Å². The van der Waals surface area contributed by atoms with Crippen molar-refractivity contribution in [1.29, 1.82) is 0 Å². The summed E-state index contributed by atoms with van der Waals surface area (Å²) in [6.45, 7) is 2.35. The van der Waals surface area contributed by atoms with Gasteiger partial charge in [0.15, 0.2) is 5.54 Å². The molecule has 1 aliphatic heterocycles. The van der Waals surface area contributed by atoms with Crippen LogP contribution in [0.3, 0.4) is 0 Å². The Kier molecular flexibility index (Phi) is 7.36. The van der Waals surface area contributed by atoms with Gasteiger partial charge >= 0.3 is 5.97 Å². The van der Waals surface area contributed by atoms with Gasteiger partial charge in [-0.25, -0.2) is 4.79 Å². The van der Waals surface area contributed by atoms with E-state index in [4.69, 9.17) is 4.74 Å². The zero-order valence-electron chi connectivity index (χ0n) is 15.9. The molecule has 7 heteroatoms. The number of carbonyl (C=O) groups is 3. The number of piperidine rings is 1. The Morgan fingerprint density at radius 1 is 1.22 bits per heavy atom. The second-order valence-electron chi connectivity index (χ2n) is 7.20. The normalized spacial score (nSPS) is 17.2. The number of rotatable bonds is 8. The Morgan fingerprint density at radius 3 is 2.41 bits per heavy atom. The van der Waals surface area contributed by atoms with Crippen LogP contribution in [0, 0.1) is 5.92 Å². The van der Waals surface area contributed by atoms with Crippen LogP contribution in [-0.4, -0.2) is 60.1 Å². The predicted molar refractivity (Wildman–Crippen MR) is 100 cm³/mol. The lowest BCUT2D eigenvalue weighted by atomic mass is 9.93. The molecule has 0 aliphatic carbocycles. The van der Waals surface area contributed by atoms with Crippen molar-refractivity contribution in [3.8, 4) is 0 Å². The average molecular weight is 376 g/mol. The standard InChI is InChI=1S/C20H28N2O5/c1-20(14-27-2,19(25)26)21-18(24)16-10-12-22(13-11-16)17(23)9-8-15-6-4-3-5-7-15/h3-7,16H,8-14H2,1-2H3,(H,21,24)(H,25,26). The maximum Gasteiger partial charge on any atom is 0.331 e. The second kappa shape index (κ2) is 9.50. The highest BCUT2D eigenvalue weighted by molar-refractivity contribution is 5.88. The number of benzene rings is 1. The lowest BCUT2D eigenvalue weighted by molar-refractivity contribution is -0.150. The van der Waals surface area contributed by atoms with Gasteiger partial charge in [-0.1, -0.05) is 30.3 Å². The molecular formula is C20H28N2O5. The van der Waals surface area contributed by atoms with Gasteiger partial charge in [0.1, 0.15) is 0 Å². The van der Waals surface area contributed by atoms with Gasteiger partial charge in [0.25, 0.3) is 0 Å². The average Bonchev–Trinajstić information content (AvgIpc) is 2.67. The van der Waals surface area contributed by atoms with Crippen LogP contribution in [0.4, 0.5) is 0 Å². The first-order chi connectivity index (χ1) is 12.9. The maximum atomic E-state index is 12.4. The summed E-state index contributed by atoms with van der Waals surface area (Å²) >= 11 is 0. The summed E-state index contributed by atoms with van der Waals surface area (Å²) in [7, 11) is 1.40. The highest BCUT2D eigenvalue weighted by Crippen LogP contribution is 2.20. The molecule has 1 fully saturated rings. The largest absolute Gasteiger partial charge is 0.479 e. The third-order valence-corrected chi connectivity index (χ3v) is 4.99. The van der Waals surface area contributed by atoms with Crippen molar-refractivity contribution >= 4 is 17.8 Å². The van der Waals surface area contributed by atoms with Crippen molar-refractivity contribution in [2.75, 3.05) is 26.8 Å². The highest BCUT2D eigenvalue weighted by Gasteiger charge is 2.37. The first kappa shape index (κ1) is 20.9. The molecule has 1 aromatic carbocycles. The Balaban J connectivity index is 1.81. The number of carboxylic acid groups (broad SMARTS) is 1. The molecule has 0 radical (unpaired) electrons. The molecule has 2 amide bonds. The fourth-order valence-corrected chi connectivity index (χ4v) is 3.26. The van der Waals surface area contributed by atoms with E-state index in [0.29, 0.717) is 38.8 Å². The number of nitrogens with zero attached hydrogens (tertiary/aromatic N) is 1. The molecule has 2 N–H and O–H groups in total. The third-order valence-electron chi connectivity index (χ3n) is 4.99. The number of hydrogen-bond donors (Lipinski definition) is 2. The summed E-state index contributed by atoms with van der Waals surface area (Å²) < 4.78 is 4.92. The van der Waals surface area contributed by atoms with Crippen LogP contribution in [0.2, 0.25) is 0 Å². The number of aliphatic carboxylic acids is 1. The van der Waals surface area contributed by atoms with Crippen LogP contribution >= 0.6 is 0 Å². The van der Waals surface area contributed by atoms with Gasteiger partial charge in [0.05, 0.1) is 6.61 Å². The molecule has 1 heterocycles. The molecule has 1 aliphatic rings. The van der Waals surface area contributed by atoms with Gasteiger partial charge in [0.2, 0.25) is 11.8 Å². The minimum Gasteiger partial charge on any atom is -0.479 e.